The Bertz CT molecular complexity index is 565. The molecule has 5 nitrogen and oxygen atoms in total. The number of nitrogens with two attached hydrogens (primary N) is 1. The van der Waals surface area contributed by atoms with E-state index in [1.54, 1.807) is 16.9 Å². The van der Waals surface area contributed by atoms with E-state index in [-0.39, 0.29) is 5.84 Å². The first kappa shape index (κ1) is 11.3. The molecule has 0 saturated carbocycles. The van der Waals surface area contributed by atoms with Gasteiger partial charge >= 0.3 is 0 Å². The van der Waals surface area contributed by atoms with Gasteiger partial charge in [-0.2, -0.15) is 5.10 Å². The van der Waals surface area contributed by atoms with Crippen molar-refractivity contribution in [1.82, 2.24) is 14.8 Å². The normalized spacial score (nSPS) is 10.5. The van der Waals surface area contributed by atoms with Crippen molar-refractivity contribution in [3.8, 4) is 5.82 Å². The van der Waals surface area contributed by atoms with Crippen LogP contribution in [-0.4, -0.2) is 20.6 Å². The van der Waals surface area contributed by atoms with Gasteiger partial charge in [0.2, 0.25) is 0 Å². The molecule has 0 unspecified atom stereocenters. The van der Waals surface area contributed by atoms with Crippen LogP contribution in [0.2, 0.25) is 0 Å². The van der Waals surface area contributed by atoms with Crippen molar-refractivity contribution in [2.45, 2.75) is 20.8 Å². The minimum absolute atomic E-state index is 0.0219. The number of nitrogens with zero attached hydrogens (tertiary/aromatic N) is 3. The predicted molar refractivity (Wildman–Crippen MR) is 66.6 cm³/mol. The Morgan fingerprint density at radius 1 is 1.29 bits per heavy atom. The lowest BCUT2D eigenvalue weighted by atomic mass is 10.2. The van der Waals surface area contributed by atoms with Gasteiger partial charge < -0.3 is 5.73 Å². The first-order valence-corrected chi connectivity index (χ1v) is 5.34. The summed E-state index contributed by atoms with van der Waals surface area (Å²) < 4.78 is 1.80. The molecule has 2 aromatic rings. The van der Waals surface area contributed by atoms with Gasteiger partial charge in [0.05, 0.1) is 5.69 Å². The molecule has 2 heterocycles. The molecule has 0 fully saturated rings. The van der Waals surface area contributed by atoms with E-state index in [0.717, 1.165) is 17.2 Å². The van der Waals surface area contributed by atoms with Gasteiger partial charge in [-0.05, 0) is 38.5 Å². The molecule has 0 aliphatic carbocycles. The highest BCUT2D eigenvalue weighted by Gasteiger charge is 2.09. The molecule has 0 aliphatic heterocycles. The third kappa shape index (κ3) is 1.91. The zero-order chi connectivity index (χ0) is 12.6. The molecule has 0 bridgehead atoms. The number of nitrogens with one attached hydrogen (secondary N) is 1. The highest BCUT2D eigenvalue weighted by atomic mass is 15.3. The number of hydrogen-bond donors (Lipinski definition) is 2. The van der Waals surface area contributed by atoms with Gasteiger partial charge in [0.15, 0.2) is 5.82 Å². The zero-order valence-corrected chi connectivity index (χ0v) is 10.2. The third-order valence-corrected chi connectivity index (χ3v) is 2.93. The van der Waals surface area contributed by atoms with Crippen LogP contribution in [0.4, 0.5) is 0 Å². The van der Waals surface area contributed by atoms with Gasteiger partial charge in [0, 0.05) is 17.5 Å². The Balaban J connectivity index is 2.47. The molecule has 2 aromatic heterocycles. The maximum absolute atomic E-state index is 7.31. The van der Waals surface area contributed by atoms with Crippen LogP contribution < -0.4 is 5.73 Å². The summed E-state index contributed by atoms with van der Waals surface area (Å²) in [6.07, 6.45) is 1.59. The summed E-state index contributed by atoms with van der Waals surface area (Å²) in [6, 6.07) is 3.59. The van der Waals surface area contributed by atoms with Crippen molar-refractivity contribution in [2.75, 3.05) is 0 Å². The van der Waals surface area contributed by atoms with Gasteiger partial charge in [0.25, 0.3) is 0 Å². The number of rotatable bonds is 2. The summed E-state index contributed by atoms with van der Waals surface area (Å²) in [4.78, 5) is 4.27. The van der Waals surface area contributed by atoms with Crippen LogP contribution in [0.25, 0.3) is 5.82 Å². The van der Waals surface area contributed by atoms with E-state index in [9.17, 15) is 0 Å². The summed E-state index contributed by atoms with van der Waals surface area (Å²) in [7, 11) is 0. The maximum Gasteiger partial charge on any atom is 0.153 e. The van der Waals surface area contributed by atoms with Crippen LogP contribution in [0.1, 0.15) is 22.5 Å². The maximum atomic E-state index is 7.31. The lowest BCUT2D eigenvalue weighted by molar-refractivity contribution is 0.805. The van der Waals surface area contributed by atoms with Gasteiger partial charge in [-0.25, -0.2) is 9.67 Å². The van der Waals surface area contributed by atoms with Crippen LogP contribution in [0, 0.1) is 26.2 Å². The molecule has 0 spiro atoms. The first-order valence-electron chi connectivity index (χ1n) is 5.34. The molecule has 5 heteroatoms. The highest BCUT2D eigenvalue weighted by molar-refractivity contribution is 5.94. The van der Waals surface area contributed by atoms with Crippen LogP contribution in [0.5, 0.6) is 0 Å². The fourth-order valence-corrected chi connectivity index (χ4v) is 1.61. The summed E-state index contributed by atoms with van der Waals surface area (Å²) >= 11 is 0. The Morgan fingerprint density at radius 2 is 2.00 bits per heavy atom. The lowest BCUT2D eigenvalue weighted by Crippen LogP contribution is -2.12. The minimum atomic E-state index is 0.0219. The van der Waals surface area contributed by atoms with Crippen LogP contribution in [0.3, 0.4) is 0 Å². The molecule has 0 radical (unpaired) electrons. The van der Waals surface area contributed by atoms with E-state index >= 15 is 0 Å². The summed E-state index contributed by atoms with van der Waals surface area (Å²) in [6.45, 7) is 6.02. The quantitative estimate of drug-likeness (QED) is 0.604. The largest absolute Gasteiger partial charge is 0.384 e. The first-order chi connectivity index (χ1) is 8.00. The van der Waals surface area contributed by atoms with Crippen LogP contribution in [-0.2, 0) is 0 Å². The van der Waals surface area contributed by atoms with Gasteiger partial charge in [-0.15, -0.1) is 0 Å². The Hall–Kier alpha value is -2.17. The summed E-state index contributed by atoms with van der Waals surface area (Å²) in [5, 5.41) is 11.7. The number of nitrogen functional groups attached to an aromatic ring is 1. The van der Waals surface area contributed by atoms with Crippen LogP contribution >= 0.6 is 0 Å². The number of hydrogen-bond acceptors (Lipinski definition) is 3. The van der Waals surface area contributed by atoms with Crippen molar-refractivity contribution in [3.05, 3.63) is 40.8 Å². The minimum Gasteiger partial charge on any atom is -0.384 e. The molecular weight excluding hydrogens is 214 g/mol. The molecule has 3 N–H and O–H groups in total. The highest BCUT2D eigenvalue weighted by Crippen LogP contribution is 2.15. The van der Waals surface area contributed by atoms with Crippen molar-refractivity contribution in [1.29, 1.82) is 5.41 Å². The molecule has 88 valence electrons. The molecule has 17 heavy (non-hydrogen) atoms. The molecule has 0 amide bonds. The van der Waals surface area contributed by atoms with Crippen molar-refractivity contribution in [2.24, 2.45) is 5.73 Å². The van der Waals surface area contributed by atoms with E-state index in [1.807, 2.05) is 26.8 Å². The number of pyridine rings is 1. The second-order valence-electron chi connectivity index (χ2n) is 4.03. The van der Waals surface area contributed by atoms with E-state index in [4.69, 9.17) is 11.1 Å². The van der Waals surface area contributed by atoms with Crippen LogP contribution in [0.15, 0.2) is 18.3 Å². The molecule has 2 rings (SSSR count). The topological polar surface area (TPSA) is 80.6 Å². The van der Waals surface area contributed by atoms with Gasteiger partial charge in [-0.3, -0.25) is 5.41 Å². The number of aromatic nitrogens is 3. The smallest absolute Gasteiger partial charge is 0.153 e. The standard InChI is InChI=1S/C12H15N5/c1-7-8(2)16-17(9(7)3)11-5-4-10(6-15-11)12(13)14/h4-6H,1-3H3,(H3,13,14). The van der Waals surface area contributed by atoms with E-state index < -0.39 is 0 Å². The van der Waals surface area contributed by atoms with Crippen molar-refractivity contribution >= 4 is 5.84 Å². The summed E-state index contributed by atoms with van der Waals surface area (Å²) in [5.41, 5.74) is 9.24. The summed E-state index contributed by atoms with van der Waals surface area (Å²) in [5.74, 6) is 0.761. The van der Waals surface area contributed by atoms with Gasteiger partial charge in [-0.1, -0.05) is 0 Å². The Morgan fingerprint density at radius 3 is 2.41 bits per heavy atom. The molecule has 0 aliphatic rings. The molecular formula is C12H15N5. The second kappa shape index (κ2) is 4.01. The molecule has 0 saturated heterocycles. The monoisotopic (exact) mass is 229 g/mol. The Kier molecular flexibility index (Phi) is 2.67. The SMILES string of the molecule is Cc1nn(-c2ccc(C(=N)N)cn2)c(C)c1C. The third-order valence-electron chi connectivity index (χ3n) is 2.93. The lowest BCUT2D eigenvalue weighted by Gasteiger charge is -2.04. The Labute approximate surface area is 99.8 Å². The van der Waals surface area contributed by atoms with Gasteiger partial charge in [0.1, 0.15) is 5.84 Å². The van der Waals surface area contributed by atoms with E-state index in [0.29, 0.717) is 5.56 Å². The molecule has 0 aromatic carbocycles. The van der Waals surface area contributed by atoms with E-state index in [2.05, 4.69) is 10.1 Å². The predicted octanol–water partition coefficient (Wildman–Crippen LogP) is 1.48. The number of aryl methyl sites for hydroxylation is 1. The molecule has 0 atom stereocenters. The zero-order valence-electron chi connectivity index (χ0n) is 10.2. The van der Waals surface area contributed by atoms with E-state index in [1.165, 1.54) is 5.56 Å². The fourth-order valence-electron chi connectivity index (χ4n) is 1.61. The van der Waals surface area contributed by atoms with Crippen molar-refractivity contribution in [3.63, 3.8) is 0 Å². The second-order valence-corrected chi connectivity index (χ2v) is 4.03. The fraction of sp³-hybridized carbons (Fsp3) is 0.250. The number of amidine groups is 1. The average Bonchev–Trinajstić information content (AvgIpc) is 2.57. The average molecular weight is 229 g/mol. The van der Waals surface area contributed by atoms with Crippen molar-refractivity contribution < 1.29 is 0 Å².